The molecule has 0 fully saturated rings. The Hall–Kier alpha value is -2.41. The molecule has 2 aromatic rings. The van der Waals surface area contributed by atoms with Gasteiger partial charge in [0.2, 0.25) is 0 Å². The lowest BCUT2D eigenvalue weighted by Gasteiger charge is -2.05. The number of allylic oxidation sites excluding steroid dienone is 4. The molecule has 1 aliphatic heterocycles. The second-order valence-corrected chi connectivity index (χ2v) is 5.36. The minimum absolute atomic E-state index is 0.243. The highest BCUT2D eigenvalue weighted by Crippen LogP contribution is 2.12. The van der Waals surface area contributed by atoms with Crippen LogP contribution in [0.15, 0.2) is 78.0 Å². The van der Waals surface area contributed by atoms with Crippen LogP contribution in [0.1, 0.15) is 13.3 Å². The van der Waals surface area contributed by atoms with Crippen molar-refractivity contribution in [2.75, 3.05) is 0 Å². The first-order chi connectivity index (χ1) is 10.3. The summed E-state index contributed by atoms with van der Waals surface area (Å²) in [7, 11) is 0. The zero-order chi connectivity index (χ0) is 14.7. The van der Waals surface area contributed by atoms with Crippen LogP contribution in [-0.2, 0) is 0 Å². The smallest absolute Gasteiger partial charge is 0.0708 e. The molecule has 0 saturated carbocycles. The van der Waals surface area contributed by atoms with Crippen molar-refractivity contribution in [1.82, 2.24) is 0 Å². The van der Waals surface area contributed by atoms with Gasteiger partial charge in [-0.2, -0.15) is 0 Å². The van der Waals surface area contributed by atoms with Gasteiger partial charge in [0, 0.05) is 16.8 Å². The topological polar surface area (TPSA) is 12.4 Å². The molecule has 0 radical (unpaired) electrons. The third kappa shape index (κ3) is 2.87. The standard InChI is InChI=1S/C20H19N/c1-15-9-5-3-4-6-12-19-18-11-8-7-10-17(18)13-14-20(19)21-16(15)2/h3-5,7-15H,2,6H2,1H3/b4-3-,9-5-,19-12-,21-20?/t15-/m1/s1. The van der Waals surface area contributed by atoms with Crippen LogP contribution in [-0.4, -0.2) is 0 Å². The zero-order valence-electron chi connectivity index (χ0n) is 12.3. The fraction of sp³-hybridized carbons (Fsp3) is 0.150. The van der Waals surface area contributed by atoms with Crippen molar-refractivity contribution in [2.24, 2.45) is 10.9 Å². The lowest BCUT2D eigenvalue weighted by Crippen LogP contribution is -2.26. The van der Waals surface area contributed by atoms with Crippen molar-refractivity contribution in [3.05, 3.63) is 83.6 Å². The molecule has 1 aliphatic rings. The Morgan fingerprint density at radius 3 is 2.86 bits per heavy atom. The molecule has 0 aromatic heterocycles. The summed E-state index contributed by atoms with van der Waals surface area (Å²) in [5, 5.41) is 4.71. The Morgan fingerprint density at radius 2 is 1.95 bits per heavy atom. The summed E-state index contributed by atoms with van der Waals surface area (Å²) < 4.78 is 0. The molecule has 3 rings (SSSR count). The molecule has 0 spiro atoms. The van der Waals surface area contributed by atoms with E-state index in [1.165, 1.54) is 16.0 Å². The Morgan fingerprint density at radius 1 is 1.10 bits per heavy atom. The van der Waals surface area contributed by atoms with Crippen molar-refractivity contribution in [1.29, 1.82) is 0 Å². The van der Waals surface area contributed by atoms with Gasteiger partial charge in [-0.05, 0) is 23.3 Å². The van der Waals surface area contributed by atoms with Crippen LogP contribution in [0.25, 0.3) is 16.8 Å². The fourth-order valence-corrected chi connectivity index (χ4v) is 2.54. The number of rotatable bonds is 0. The molecule has 0 amide bonds. The lowest BCUT2D eigenvalue weighted by atomic mass is 10.1. The van der Waals surface area contributed by atoms with Crippen molar-refractivity contribution in [3.63, 3.8) is 0 Å². The molecule has 2 aromatic carbocycles. The molecule has 0 bridgehead atoms. The van der Waals surface area contributed by atoms with Gasteiger partial charge in [-0.1, -0.05) is 74.2 Å². The Labute approximate surface area is 125 Å². The van der Waals surface area contributed by atoms with Crippen LogP contribution in [0.3, 0.4) is 0 Å². The van der Waals surface area contributed by atoms with Gasteiger partial charge in [-0.25, -0.2) is 0 Å². The first-order valence-electron chi connectivity index (χ1n) is 7.34. The van der Waals surface area contributed by atoms with Crippen LogP contribution in [0.2, 0.25) is 0 Å². The van der Waals surface area contributed by atoms with Gasteiger partial charge in [-0.3, -0.25) is 4.99 Å². The van der Waals surface area contributed by atoms with E-state index < -0.39 is 0 Å². The third-order valence-corrected chi connectivity index (χ3v) is 3.84. The van der Waals surface area contributed by atoms with Gasteiger partial charge < -0.3 is 0 Å². The minimum Gasteiger partial charge on any atom is -0.253 e. The van der Waals surface area contributed by atoms with Crippen LogP contribution in [0, 0.1) is 5.92 Å². The van der Waals surface area contributed by atoms with Crippen LogP contribution >= 0.6 is 0 Å². The fourth-order valence-electron chi connectivity index (χ4n) is 2.54. The van der Waals surface area contributed by atoms with Gasteiger partial charge in [-0.15, -0.1) is 0 Å². The molecule has 0 N–H and O–H groups in total. The van der Waals surface area contributed by atoms with Crippen molar-refractivity contribution in [2.45, 2.75) is 13.3 Å². The largest absolute Gasteiger partial charge is 0.253 e. The number of nitrogens with zero attached hydrogens (tertiary/aromatic N) is 1. The molecule has 0 unspecified atom stereocenters. The van der Waals surface area contributed by atoms with E-state index in [2.05, 4.69) is 80.3 Å². The van der Waals surface area contributed by atoms with Crippen LogP contribution < -0.4 is 10.6 Å². The summed E-state index contributed by atoms with van der Waals surface area (Å²) in [5.74, 6) is 0.243. The van der Waals surface area contributed by atoms with Crippen molar-refractivity contribution < 1.29 is 0 Å². The van der Waals surface area contributed by atoms with E-state index in [1.54, 1.807) is 0 Å². The zero-order valence-corrected chi connectivity index (χ0v) is 12.3. The molecule has 1 atom stereocenters. The maximum Gasteiger partial charge on any atom is 0.0708 e. The number of fused-ring (bicyclic) bond motifs is 3. The minimum atomic E-state index is 0.243. The monoisotopic (exact) mass is 273 g/mol. The Bertz CT molecular complexity index is 853. The molecule has 0 aliphatic carbocycles. The highest BCUT2D eigenvalue weighted by molar-refractivity contribution is 5.83. The normalized spacial score (nSPS) is 23.2. The van der Waals surface area contributed by atoms with Crippen LogP contribution in [0.4, 0.5) is 0 Å². The van der Waals surface area contributed by atoms with E-state index in [-0.39, 0.29) is 5.92 Å². The summed E-state index contributed by atoms with van der Waals surface area (Å²) >= 11 is 0. The van der Waals surface area contributed by atoms with Crippen molar-refractivity contribution in [3.8, 4) is 0 Å². The van der Waals surface area contributed by atoms with Crippen LogP contribution in [0.5, 0.6) is 0 Å². The molecule has 1 heterocycles. The molecule has 0 saturated heterocycles. The van der Waals surface area contributed by atoms with Gasteiger partial charge >= 0.3 is 0 Å². The highest BCUT2D eigenvalue weighted by atomic mass is 14.7. The summed E-state index contributed by atoms with van der Waals surface area (Å²) in [4.78, 5) is 4.77. The average molecular weight is 273 g/mol. The maximum atomic E-state index is 4.77. The average Bonchev–Trinajstić information content (AvgIpc) is 2.53. The third-order valence-electron chi connectivity index (χ3n) is 3.84. The first-order valence-corrected chi connectivity index (χ1v) is 7.34. The SMILES string of the molecule is C=C1N=c2ccc3ccccc3/c2=C/C/C=C\C=C/[C@H]1C. The number of hydrogen-bond acceptors (Lipinski definition) is 1. The first kappa shape index (κ1) is 13.6. The number of hydrogen-bond donors (Lipinski definition) is 0. The molecular formula is C20H19N. The molecule has 1 heteroatoms. The Balaban J connectivity index is 2.34. The summed E-state index contributed by atoms with van der Waals surface area (Å²) in [6.07, 6.45) is 11.6. The lowest BCUT2D eigenvalue weighted by molar-refractivity contribution is 0.840. The number of benzene rings is 2. The van der Waals surface area contributed by atoms with Gasteiger partial charge in [0.05, 0.1) is 5.36 Å². The van der Waals surface area contributed by atoms with Gasteiger partial charge in [0.25, 0.3) is 0 Å². The molecular weight excluding hydrogens is 254 g/mol. The predicted molar refractivity (Wildman–Crippen MR) is 90.4 cm³/mol. The highest BCUT2D eigenvalue weighted by Gasteiger charge is 2.02. The van der Waals surface area contributed by atoms with E-state index in [0.29, 0.717) is 0 Å². The van der Waals surface area contributed by atoms with E-state index >= 15 is 0 Å². The molecule has 21 heavy (non-hydrogen) atoms. The quantitative estimate of drug-likeness (QED) is 0.690. The van der Waals surface area contributed by atoms with E-state index in [1.807, 2.05) is 0 Å². The summed E-state index contributed by atoms with van der Waals surface area (Å²) in [5.41, 5.74) is 0.895. The predicted octanol–water partition coefficient (Wildman–Crippen LogP) is 3.91. The van der Waals surface area contributed by atoms with E-state index in [0.717, 1.165) is 17.5 Å². The summed E-state index contributed by atoms with van der Waals surface area (Å²) in [6.45, 7) is 6.25. The van der Waals surface area contributed by atoms with E-state index in [9.17, 15) is 0 Å². The second-order valence-electron chi connectivity index (χ2n) is 5.36. The van der Waals surface area contributed by atoms with E-state index in [4.69, 9.17) is 4.99 Å². The van der Waals surface area contributed by atoms with Gasteiger partial charge in [0.15, 0.2) is 0 Å². The molecule has 104 valence electrons. The summed E-state index contributed by atoms with van der Waals surface area (Å²) in [6, 6.07) is 12.7. The van der Waals surface area contributed by atoms with Gasteiger partial charge in [0.1, 0.15) is 0 Å². The second kappa shape index (κ2) is 5.92. The van der Waals surface area contributed by atoms with Crippen molar-refractivity contribution >= 4 is 16.8 Å². The molecule has 1 nitrogen and oxygen atoms in total. The maximum absolute atomic E-state index is 4.77. The Kier molecular flexibility index (Phi) is 3.83.